The first-order valence-corrected chi connectivity index (χ1v) is 6.58. The van der Waals surface area contributed by atoms with Crippen LogP contribution in [-0.4, -0.2) is 29.6 Å². The number of carbonyl (C=O) groups is 1. The summed E-state index contributed by atoms with van der Waals surface area (Å²) in [6, 6.07) is 1.53. The summed E-state index contributed by atoms with van der Waals surface area (Å²) < 4.78 is 25.1. The monoisotopic (exact) mass is 233 g/mol. The van der Waals surface area contributed by atoms with Crippen molar-refractivity contribution in [3.8, 4) is 0 Å². The van der Waals surface area contributed by atoms with Gasteiger partial charge in [0.25, 0.3) is 0 Å². The maximum absolute atomic E-state index is 11.8. The molecule has 78 valence electrons. The van der Waals surface area contributed by atoms with Crippen LogP contribution in [0.15, 0.2) is 12.3 Å². The average molecular weight is 233 g/mol. The second kappa shape index (κ2) is 3.43. The molecule has 0 aliphatic heterocycles. The maximum Gasteiger partial charge on any atom is 0.194 e. The quantitative estimate of drug-likeness (QED) is 0.735. The summed E-state index contributed by atoms with van der Waals surface area (Å²) in [4.78, 5) is 12.1. The van der Waals surface area contributed by atoms with Crippen molar-refractivity contribution >= 4 is 27.2 Å². The van der Waals surface area contributed by atoms with Crippen molar-refractivity contribution in [1.82, 2.24) is 4.37 Å². The lowest BCUT2D eigenvalue weighted by Crippen LogP contribution is -2.39. The molecule has 0 amide bonds. The van der Waals surface area contributed by atoms with Gasteiger partial charge in [-0.15, -0.1) is 0 Å². The van der Waals surface area contributed by atoms with Crippen LogP contribution >= 0.6 is 11.5 Å². The van der Waals surface area contributed by atoms with Crippen molar-refractivity contribution in [3.05, 3.63) is 17.1 Å². The minimum absolute atomic E-state index is 0.375. The first-order chi connectivity index (χ1) is 6.27. The summed E-state index contributed by atoms with van der Waals surface area (Å²) in [5.74, 6) is -0.400. The normalized spacial score (nSPS) is 12.8. The van der Waals surface area contributed by atoms with Crippen molar-refractivity contribution in [2.75, 3.05) is 6.26 Å². The molecule has 4 nitrogen and oxygen atoms in total. The van der Waals surface area contributed by atoms with E-state index in [2.05, 4.69) is 4.37 Å². The predicted molar refractivity (Wildman–Crippen MR) is 55.4 cm³/mol. The highest BCUT2D eigenvalue weighted by Crippen LogP contribution is 2.22. The largest absolute Gasteiger partial charge is 0.291 e. The number of sulfone groups is 1. The Balaban J connectivity index is 3.14. The lowest BCUT2D eigenvalue weighted by atomic mass is 10.1. The molecule has 0 aliphatic carbocycles. The molecule has 0 atom stereocenters. The van der Waals surface area contributed by atoms with Gasteiger partial charge in [0.05, 0.1) is 4.88 Å². The van der Waals surface area contributed by atoms with E-state index in [1.165, 1.54) is 26.1 Å². The highest BCUT2D eigenvalue weighted by atomic mass is 32.2. The van der Waals surface area contributed by atoms with E-state index in [9.17, 15) is 13.2 Å². The molecule has 0 aliphatic rings. The number of nitrogens with zero attached hydrogens (tertiary/aromatic N) is 1. The molecule has 0 radical (unpaired) electrons. The lowest BCUT2D eigenvalue weighted by molar-refractivity contribution is 0.0958. The highest BCUT2D eigenvalue weighted by molar-refractivity contribution is 7.92. The van der Waals surface area contributed by atoms with E-state index in [4.69, 9.17) is 0 Å². The molecule has 1 rings (SSSR count). The molecule has 0 spiro atoms. The van der Waals surface area contributed by atoms with Crippen LogP contribution in [-0.2, 0) is 9.84 Å². The number of aromatic nitrogens is 1. The highest BCUT2D eigenvalue weighted by Gasteiger charge is 2.39. The maximum atomic E-state index is 11.8. The molecule has 0 saturated heterocycles. The van der Waals surface area contributed by atoms with E-state index in [1.54, 1.807) is 0 Å². The Morgan fingerprint density at radius 1 is 1.50 bits per heavy atom. The second-order valence-corrected chi connectivity index (χ2v) is 6.89. The van der Waals surface area contributed by atoms with Gasteiger partial charge in [0.1, 0.15) is 4.75 Å². The summed E-state index contributed by atoms with van der Waals surface area (Å²) in [5.41, 5.74) is 0. The van der Waals surface area contributed by atoms with Crippen LogP contribution in [0.25, 0.3) is 0 Å². The summed E-state index contributed by atoms with van der Waals surface area (Å²) in [5, 5.41) is 0. The smallest absolute Gasteiger partial charge is 0.194 e. The molecule has 0 bridgehead atoms. The Morgan fingerprint density at radius 3 is 2.43 bits per heavy atom. The fraction of sp³-hybridized carbons (Fsp3) is 0.500. The standard InChI is InChI=1S/C8H11NO3S2/c1-8(2,14(3,11)12)7(10)6-4-5-9-13-6/h4-5H,1-3H3. The Morgan fingerprint density at radius 2 is 2.07 bits per heavy atom. The van der Waals surface area contributed by atoms with E-state index in [1.807, 2.05) is 0 Å². The van der Waals surface area contributed by atoms with Gasteiger partial charge >= 0.3 is 0 Å². The van der Waals surface area contributed by atoms with E-state index >= 15 is 0 Å². The number of Topliss-reactive ketones (excluding diaryl/α,β-unsaturated/α-hetero) is 1. The van der Waals surface area contributed by atoms with E-state index in [-0.39, 0.29) is 0 Å². The van der Waals surface area contributed by atoms with Gasteiger partial charge in [-0.05, 0) is 31.4 Å². The molecule has 1 heterocycles. The van der Waals surface area contributed by atoms with Crippen molar-refractivity contribution in [1.29, 1.82) is 0 Å². The zero-order valence-electron chi connectivity index (χ0n) is 8.14. The Hall–Kier alpha value is -0.750. The lowest BCUT2D eigenvalue weighted by Gasteiger charge is -2.19. The van der Waals surface area contributed by atoms with Crippen LogP contribution in [0.4, 0.5) is 0 Å². The minimum Gasteiger partial charge on any atom is -0.291 e. The van der Waals surface area contributed by atoms with Crippen molar-refractivity contribution in [2.45, 2.75) is 18.6 Å². The van der Waals surface area contributed by atoms with Gasteiger partial charge < -0.3 is 0 Å². The molecule has 0 fully saturated rings. The molecule has 0 aromatic carbocycles. The topological polar surface area (TPSA) is 64.1 Å². The van der Waals surface area contributed by atoms with Crippen LogP contribution in [0.3, 0.4) is 0 Å². The third kappa shape index (κ3) is 1.85. The summed E-state index contributed by atoms with van der Waals surface area (Å²) in [6.45, 7) is 2.81. The zero-order valence-corrected chi connectivity index (χ0v) is 9.78. The van der Waals surface area contributed by atoms with E-state index in [0.29, 0.717) is 4.88 Å². The van der Waals surface area contributed by atoms with Crippen LogP contribution in [0.5, 0.6) is 0 Å². The number of hydrogen-bond acceptors (Lipinski definition) is 5. The first-order valence-electron chi connectivity index (χ1n) is 3.92. The average Bonchev–Trinajstić information content (AvgIpc) is 2.52. The van der Waals surface area contributed by atoms with Gasteiger partial charge in [0, 0.05) is 12.5 Å². The predicted octanol–water partition coefficient (Wildman–Crippen LogP) is 1.15. The molecular formula is C8H11NO3S2. The van der Waals surface area contributed by atoms with Gasteiger partial charge in [-0.2, -0.15) is 0 Å². The van der Waals surface area contributed by atoms with Gasteiger partial charge in [-0.25, -0.2) is 12.8 Å². The number of ketones is 1. The second-order valence-electron chi connectivity index (χ2n) is 3.49. The van der Waals surface area contributed by atoms with Crippen LogP contribution in [0, 0.1) is 0 Å². The number of rotatable bonds is 3. The van der Waals surface area contributed by atoms with Gasteiger partial charge in [0.2, 0.25) is 0 Å². The van der Waals surface area contributed by atoms with Gasteiger partial charge in [-0.1, -0.05) is 0 Å². The van der Waals surface area contributed by atoms with Crippen molar-refractivity contribution in [3.63, 3.8) is 0 Å². The number of hydrogen-bond donors (Lipinski definition) is 0. The van der Waals surface area contributed by atoms with Crippen molar-refractivity contribution < 1.29 is 13.2 Å². The Kier molecular flexibility index (Phi) is 2.78. The fourth-order valence-electron chi connectivity index (χ4n) is 0.798. The third-order valence-electron chi connectivity index (χ3n) is 2.14. The molecule has 0 N–H and O–H groups in total. The van der Waals surface area contributed by atoms with Gasteiger partial charge in [-0.3, -0.25) is 4.79 Å². The molecule has 1 aromatic rings. The summed E-state index contributed by atoms with van der Waals surface area (Å²) in [7, 11) is -3.40. The molecular weight excluding hydrogens is 222 g/mol. The molecule has 0 unspecified atom stereocenters. The molecule has 6 heteroatoms. The van der Waals surface area contributed by atoms with Crippen molar-refractivity contribution in [2.24, 2.45) is 0 Å². The SMILES string of the molecule is CC(C)(C(=O)c1ccns1)S(C)(=O)=O. The van der Waals surface area contributed by atoms with E-state index in [0.717, 1.165) is 17.8 Å². The Bertz CT molecular complexity index is 431. The first kappa shape index (κ1) is 11.3. The van der Waals surface area contributed by atoms with Crippen LogP contribution in [0.2, 0.25) is 0 Å². The molecule has 14 heavy (non-hydrogen) atoms. The van der Waals surface area contributed by atoms with Gasteiger partial charge in [0.15, 0.2) is 15.6 Å². The minimum atomic E-state index is -3.40. The van der Waals surface area contributed by atoms with E-state index < -0.39 is 20.4 Å². The van der Waals surface area contributed by atoms with Crippen LogP contribution < -0.4 is 0 Å². The summed E-state index contributed by atoms with van der Waals surface area (Å²) in [6.07, 6.45) is 2.54. The third-order valence-corrected chi connectivity index (χ3v) is 4.92. The summed E-state index contributed by atoms with van der Waals surface area (Å²) >= 11 is 1.01. The Labute approximate surface area is 87.0 Å². The molecule has 0 saturated carbocycles. The zero-order chi connectivity index (χ0) is 11.0. The fourth-order valence-corrected chi connectivity index (χ4v) is 2.00. The molecule has 1 aromatic heterocycles. The number of carbonyl (C=O) groups excluding carboxylic acids is 1. The van der Waals surface area contributed by atoms with Crippen LogP contribution in [0.1, 0.15) is 23.5 Å².